The largest absolute Gasteiger partial charge is 0.491 e. The molecule has 0 unspecified atom stereocenters. The molecule has 0 bridgehead atoms. The number of rotatable bonds is 7. The average Bonchev–Trinajstić information content (AvgIpc) is 3.43. The van der Waals surface area contributed by atoms with Crippen molar-refractivity contribution in [2.75, 3.05) is 23.0 Å². The number of aliphatic hydroxyl groups is 1. The zero-order valence-corrected chi connectivity index (χ0v) is 25.4. The number of fused-ring (bicyclic) bond motifs is 4. The third-order valence-electron chi connectivity index (χ3n) is 10.5. The number of nitrogens with zero attached hydrogens (tertiary/aromatic N) is 2. The quantitative estimate of drug-likeness (QED) is 0.299. The van der Waals surface area contributed by atoms with Crippen molar-refractivity contribution in [2.45, 2.75) is 39.0 Å². The van der Waals surface area contributed by atoms with Crippen LogP contribution in [0.3, 0.4) is 0 Å². The Morgan fingerprint density at radius 1 is 0.822 bits per heavy atom. The summed E-state index contributed by atoms with van der Waals surface area (Å²) < 4.78 is 5.99. The Bertz CT molecular complexity index is 1720. The molecule has 230 valence electrons. The molecule has 2 aliphatic carbocycles. The second-order valence-electron chi connectivity index (χ2n) is 12.6. The Balaban J connectivity index is 1.36. The average molecular weight is 605 g/mol. The zero-order valence-electron chi connectivity index (χ0n) is 25.4. The number of amides is 4. The van der Waals surface area contributed by atoms with E-state index >= 15 is 0 Å². The van der Waals surface area contributed by atoms with Crippen molar-refractivity contribution in [1.82, 2.24) is 0 Å². The summed E-state index contributed by atoms with van der Waals surface area (Å²) in [5.41, 5.74) is 2.64. The van der Waals surface area contributed by atoms with Crippen LogP contribution >= 0.6 is 0 Å². The number of carbonyl (C=O) groups is 4. The molecule has 2 aliphatic heterocycles. The first-order chi connectivity index (χ1) is 21.8. The maximum Gasteiger partial charge on any atom is 0.241 e. The van der Waals surface area contributed by atoms with E-state index in [1.165, 1.54) is 9.80 Å². The topological polar surface area (TPSA) is 104 Å². The van der Waals surface area contributed by atoms with E-state index in [0.29, 0.717) is 23.5 Å². The molecule has 7 rings (SSSR count). The van der Waals surface area contributed by atoms with Crippen LogP contribution in [-0.4, -0.2) is 41.9 Å². The number of hydrogen-bond donors (Lipinski definition) is 1. The zero-order chi connectivity index (χ0) is 31.5. The molecule has 3 aromatic carbocycles. The number of allylic oxidation sites excluding steroid dienone is 2. The molecular formula is C37H36N2O6. The van der Waals surface area contributed by atoms with Gasteiger partial charge in [-0.1, -0.05) is 67.1 Å². The smallest absolute Gasteiger partial charge is 0.241 e. The monoisotopic (exact) mass is 604 g/mol. The molecule has 3 fully saturated rings. The number of aliphatic hydroxyl groups excluding tert-OH is 1. The lowest BCUT2D eigenvalue weighted by Crippen LogP contribution is -2.49. The second-order valence-corrected chi connectivity index (χ2v) is 12.6. The molecule has 3 aromatic rings. The number of para-hydroxylation sites is 2. The van der Waals surface area contributed by atoms with Gasteiger partial charge >= 0.3 is 0 Å². The minimum atomic E-state index is -1.16. The van der Waals surface area contributed by atoms with E-state index in [0.717, 1.165) is 23.1 Å². The van der Waals surface area contributed by atoms with Crippen LogP contribution in [0.1, 0.15) is 43.7 Å². The first kappa shape index (κ1) is 29.2. The second kappa shape index (κ2) is 11.1. The van der Waals surface area contributed by atoms with Crippen LogP contribution in [0.25, 0.3) is 0 Å². The van der Waals surface area contributed by atoms with Gasteiger partial charge in [-0.15, -0.1) is 0 Å². The molecule has 0 radical (unpaired) electrons. The molecule has 4 aliphatic rings. The van der Waals surface area contributed by atoms with Crippen molar-refractivity contribution in [3.63, 3.8) is 0 Å². The Morgan fingerprint density at radius 2 is 1.51 bits per heavy atom. The molecule has 8 nitrogen and oxygen atoms in total. The predicted molar refractivity (Wildman–Crippen MR) is 168 cm³/mol. The van der Waals surface area contributed by atoms with Crippen molar-refractivity contribution in [2.24, 2.45) is 29.1 Å². The van der Waals surface area contributed by atoms with Gasteiger partial charge < -0.3 is 9.84 Å². The van der Waals surface area contributed by atoms with Gasteiger partial charge in [0.15, 0.2) is 0 Å². The third-order valence-corrected chi connectivity index (χ3v) is 10.5. The first-order valence-electron chi connectivity index (χ1n) is 15.7. The van der Waals surface area contributed by atoms with Crippen LogP contribution in [0.15, 0.2) is 90.5 Å². The van der Waals surface area contributed by atoms with Crippen molar-refractivity contribution in [1.29, 1.82) is 0 Å². The van der Waals surface area contributed by atoms with Crippen LogP contribution in [0.2, 0.25) is 0 Å². The summed E-state index contributed by atoms with van der Waals surface area (Å²) in [5.74, 6) is -3.45. The fourth-order valence-electron chi connectivity index (χ4n) is 8.32. The number of anilines is 2. The van der Waals surface area contributed by atoms with E-state index in [-0.39, 0.29) is 43.3 Å². The maximum atomic E-state index is 14.6. The summed E-state index contributed by atoms with van der Waals surface area (Å²) in [7, 11) is 0. The van der Waals surface area contributed by atoms with Gasteiger partial charge in [0.1, 0.15) is 12.4 Å². The van der Waals surface area contributed by atoms with Crippen molar-refractivity contribution >= 4 is 35.0 Å². The Kier molecular flexibility index (Phi) is 7.20. The molecule has 45 heavy (non-hydrogen) atoms. The number of aryl methyl sites for hydroxylation is 1. The van der Waals surface area contributed by atoms with Gasteiger partial charge in [-0.25, -0.2) is 4.90 Å². The lowest BCUT2D eigenvalue weighted by Gasteiger charge is -2.49. The molecule has 8 heteroatoms. The van der Waals surface area contributed by atoms with E-state index < -0.39 is 35.0 Å². The third kappa shape index (κ3) is 4.30. The van der Waals surface area contributed by atoms with E-state index in [4.69, 9.17) is 4.74 Å². The van der Waals surface area contributed by atoms with Gasteiger partial charge in [-0.3, -0.25) is 24.1 Å². The highest BCUT2D eigenvalue weighted by Crippen LogP contribution is 2.64. The molecule has 2 heterocycles. The van der Waals surface area contributed by atoms with Gasteiger partial charge in [0, 0.05) is 11.5 Å². The van der Waals surface area contributed by atoms with Gasteiger partial charge in [0.25, 0.3) is 0 Å². The maximum absolute atomic E-state index is 14.6. The normalized spacial score (nSPS) is 29.0. The standard InChI is InChI=1S/C37H36N2O6/c1-3-22-13-15-24(16-14-22)38-33(41)27-18-17-25-28(31(27)35(38)43)21-29-34(42)39(23-9-5-4-6-10-23)36(44)37(29,2)32(25)26-11-7-8-12-30(26)45-20-19-40/h4-17,27-29,31-32,40H,3,18-21H2,1-2H3/t27-,28+,29-,31-,32+,37+/m0/s1. The highest BCUT2D eigenvalue weighted by molar-refractivity contribution is 6.25. The number of imide groups is 2. The molecule has 6 atom stereocenters. The molecule has 1 saturated carbocycles. The van der Waals surface area contributed by atoms with E-state index in [9.17, 15) is 24.3 Å². The molecule has 1 N–H and O–H groups in total. The predicted octanol–water partition coefficient (Wildman–Crippen LogP) is 5.06. The summed E-state index contributed by atoms with van der Waals surface area (Å²) in [6.45, 7) is 3.80. The minimum absolute atomic E-state index is 0.0683. The van der Waals surface area contributed by atoms with Crippen LogP contribution in [-0.2, 0) is 25.6 Å². The number of hydrogen-bond acceptors (Lipinski definition) is 6. The molecule has 4 amide bonds. The van der Waals surface area contributed by atoms with Gasteiger partial charge in [-0.2, -0.15) is 0 Å². The van der Waals surface area contributed by atoms with Crippen molar-refractivity contribution < 1.29 is 29.0 Å². The van der Waals surface area contributed by atoms with E-state index in [2.05, 4.69) is 6.92 Å². The first-order valence-corrected chi connectivity index (χ1v) is 15.7. The van der Waals surface area contributed by atoms with Crippen molar-refractivity contribution in [3.05, 3.63) is 102 Å². The van der Waals surface area contributed by atoms with Crippen LogP contribution in [0.5, 0.6) is 5.75 Å². The number of ether oxygens (including phenoxy) is 1. The lowest BCUT2D eigenvalue weighted by atomic mass is 9.51. The summed E-state index contributed by atoms with van der Waals surface area (Å²) in [6, 6.07) is 23.9. The highest BCUT2D eigenvalue weighted by Gasteiger charge is 2.68. The summed E-state index contributed by atoms with van der Waals surface area (Å²) in [5, 5.41) is 9.54. The summed E-state index contributed by atoms with van der Waals surface area (Å²) >= 11 is 0. The Hall–Kier alpha value is -4.56. The van der Waals surface area contributed by atoms with Gasteiger partial charge in [0.2, 0.25) is 23.6 Å². The Morgan fingerprint density at radius 3 is 2.22 bits per heavy atom. The fraction of sp³-hybridized carbons (Fsp3) is 0.351. The lowest BCUT2D eigenvalue weighted by molar-refractivity contribution is -0.131. The summed E-state index contributed by atoms with van der Waals surface area (Å²) in [4.78, 5) is 59.6. The minimum Gasteiger partial charge on any atom is -0.491 e. The number of carbonyl (C=O) groups excluding carboxylic acids is 4. The molecule has 2 saturated heterocycles. The fourth-order valence-corrected chi connectivity index (χ4v) is 8.32. The SMILES string of the molecule is CCc1ccc(N2C(=O)[C@H]3[C@H](CC=C4[C@H]3C[C@H]3C(=O)N(c5ccccc5)C(=O)[C@@]3(C)[C@H]4c3ccccc3OCCO)C2=O)cc1. The Labute approximate surface area is 262 Å². The van der Waals surface area contributed by atoms with Crippen LogP contribution in [0.4, 0.5) is 11.4 Å². The molecular weight excluding hydrogens is 568 g/mol. The molecule has 0 spiro atoms. The van der Waals surface area contributed by atoms with E-state index in [1.54, 1.807) is 30.3 Å². The van der Waals surface area contributed by atoms with Gasteiger partial charge in [0.05, 0.1) is 41.2 Å². The highest BCUT2D eigenvalue weighted by atomic mass is 16.5. The summed E-state index contributed by atoms with van der Waals surface area (Å²) in [6.07, 6.45) is 3.54. The van der Waals surface area contributed by atoms with Crippen LogP contribution < -0.4 is 14.5 Å². The molecule has 0 aromatic heterocycles. The van der Waals surface area contributed by atoms with Gasteiger partial charge in [-0.05, 0) is 68.0 Å². The van der Waals surface area contributed by atoms with Crippen LogP contribution in [0, 0.1) is 29.1 Å². The number of benzene rings is 3. The van der Waals surface area contributed by atoms with Crippen molar-refractivity contribution in [3.8, 4) is 5.75 Å². The van der Waals surface area contributed by atoms with E-state index in [1.807, 2.05) is 61.5 Å².